The summed E-state index contributed by atoms with van der Waals surface area (Å²) in [5, 5.41) is 0. The predicted molar refractivity (Wildman–Crippen MR) is 342 cm³/mol. The van der Waals surface area contributed by atoms with Crippen molar-refractivity contribution >= 4 is 0 Å². The van der Waals surface area contributed by atoms with Crippen molar-refractivity contribution in [1.82, 2.24) is 19.6 Å². The molecular formula is C71H146N4. The summed E-state index contributed by atoms with van der Waals surface area (Å²) < 4.78 is 0. The summed E-state index contributed by atoms with van der Waals surface area (Å²) in [6, 6.07) is 0. The Hall–Kier alpha value is -0.160. The maximum atomic E-state index is 3.05. The maximum absolute atomic E-state index is 3.05. The second-order valence-corrected chi connectivity index (χ2v) is 25.4. The zero-order valence-electron chi connectivity index (χ0n) is 53.3. The van der Waals surface area contributed by atoms with Gasteiger partial charge in [0.15, 0.2) is 0 Å². The van der Waals surface area contributed by atoms with Gasteiger partial charge in [-0.1, -0.05) is 349 Å². The molecule has 0 saturated carbocycles. The molecule has 0 bridgehead atoms. The third-order valence-corrected chi connectivity index (χ3v) is 18.0. The fraction of sp³-hybridized carbons (Fsp3) is 1.00. The Balaban J connectivity index is 2.84. The molecule has 0 aromatic carbocycles. The van der Waals surface area contributed by atoms with E-state index in [1.165, 1.54) is 419 Å². The SMILES string of the molecule is CCCCCCCCCCCCCCCCN1CCN(CCCN(CCCCCCCCCCCC)CCCCCCCCCCCCCCC)CC1N(CCCCCCCC)CCCCCCCCCCCCC. The van der Waals surface area contributed by atoms with E-state index in [-0.39, 0.29) is 0 Å². The number of hydrogen-bond acceptors (Lipinski definition) is 4. The third kappa shape index (κ3) is 50.5. The Morgan fingerprint density at radius 2 is 0.480 bits per heavy atom. The lowest BCUT2D eigenvalue weighted by Gasteiger charge is -2.47. The van der Waals surface area contributed by atoms with E-state index in [4.69, 9.17) is 0 Å². The first-order valence-electron chi connectivity index (χ1n) is 36.1. The molecule has 0 radical (unpaired) electrons. The molecule has 1 saturated heterocycles. The first kappa shape index (κ1) is 72.9. The highest BCUT2D eigenvalue weighted by molar-refractivity contribution is 4.84. The van der Waals surface area contributed by atoms with Crippen molar-refractivity contribution in [2.45, 2.75) is 394 Å². The molecule has 1 atom stereocenters. The molecule has 1 fully saturated rings. The highest BCUT2D eigenvalue weighted by Gasteiger charge is 2.31. The van der Waals surface area contributed by atoms with Gasteiger partial charge in [-0.3, -0.25) is 14.7 Å². The largest absolute Gasteiger partial charge is 0.303 e. The van der Waals surface area contributed by atoms with Gasteiger partial charge in [-0.05, 0) is 84.3 Å². The molecule has 1 aliphatic rings. The van der Waals surface area contributed by atoms with E-state index in [1.807, 2.05) is 0 Å². The van der Waals surface area contributed by atoms with Gasteiger partial charge < -0.3 is 4.90 Å². The molecule has 0 spiro atoms. The van der Waals surface area contributed by atoms with E-state index in [0.29, 0.717) is 6.17 Å². The molecule has 0 aromatic heterocycles. The maximum Gasteiger partial charge on any atom is 0.0754 e. The second-order valence-electron chi connectivity index (χ2n) is 25.4. The lowest BCUT2D eigenvalue weighted by molar-refractivity contribution is -0.0255. The van der Waals surface area contributed by atoms with Crippen molar-refractivity contribution in [3.8, 4) is 0 Å². The van der Waals surface area contributed by atoms with Crippen LogP contribution in [0.2, 0.25) is 0 Å². The Morgan fingerprint density at radius 3 is 0.773 bits per heavy atom. The van der Waals surface area contributed by atoms with E-state index in [1.54, 1.807) is 0 Å². The lowest BCUT2D eigenvalue weighted by Crippen LogP contribution is -2.60. The summed E-state index contributed by atoms with van der Waals surface area (Å²) in [6.07, 6.45) is 80.0. The monoisotopic (exact) mass is 1060 g/mol. The van der Waals surface area contributed by atoms with Crippen molar-refractivity contribution in [3.63, 3.8) is 0 Å². The van der Waals surface area contributed by atoms with Crippen molar-refractivity contribution in [2.75, 3.05) is 65.4 Å². The summed E-state index contributed by atoms with van der Waals surface area (Å²) in [4.78, 5) is 11.9. The number of rotatable bonds is 64. The average molecular weight is 1060 g/mol. The fourth-order valence-corrected chi connectivity index (χ4v) is 12.7. The van der Waals surface area contributed by atoms with Crippen molar-refractivity contribution in [3.05, 3.63) is 0 Å². The Morgan fingerprint density at radius 1 is 0.240 bits per heavy atom. The predicted octanol–water partition coefficient (Wildman–Crippen LogP) is 23.1. The van der Waals surface area contributed by atoms with Crippen LogP contribution in [0.5, 0.6) is 0 Å². The van der Waals surface area contributed by atoms with Crippen molar-refractivity contribution in [2.24, 2.45) is 0 Å². The smallest absolute Gasteiger partial charge is 0.0754 e. The quantitative estimate of drug-likeness (QED) is 0.0563. The van der Waals surface area contributed by atoms with Crippen LogP contribution >= 0.6 is 0 Å². The molecule has 0 N–H and O–H groups in total. The molecular weight excluding hydrogens is 909 g/mol. The molecule has 0 aromatic rings. The third-order valence-electron chi connectivity index (χ3n) is 18.0. The van der Waals surface area contributed by atoms with Crippen LogP contribution in [0.1, 0.15) is 388 Å². The van der Waals surface area contributed by atoms with E-state index < -0.39 is 0 Å². The van der Waals surface area contributed by atoms with Crippen LogP contribution in [0.15, 0.2) is 0 Å². The molecule has 450 valence electrons. The Bertz CT molecular complexity index is 1030. The standard InChI is InChI=1S/C71H146N4/c1-6-11-16-21-26-30-34-36-38-41-45-49-54-59-67-75-69-68-73(70-71(75)74(65-57-52-25-20-15-10-5)66-58-53-48-44-39-32-28-23-18-13-8-3)64-60-63-72(61-55-50-46-42-33-29-24-19-14-9-4)62-56-51-47-43-40-37-35-31-27-22-17-12-7-2/h71H,6-70H2,1-5H3. The van der Waals surface area contributed by atoms with Crippen molar-refractivity contribution < 1.29 is 0 Å². The molecule has 75 heavy (non-hydrogen) atoms. The van der Waals surface area contributed by atoms with Crippen LogP contribution in [-0.4, -0.2) is 91.2 Å². The highest BCUT2D eigenvalue weighted by Crippen LogP contribution is 2.22. The van der Waals surface area contributed by atoms with Gasteiger partial charge in [-0.25, -0.2) is 0 Å². The van der Waals surface area contributed by atoms with Crippen LogP contribution in [0.25, 0.3) is 0 Å². The van der Waals surface area contributed by atoms with Crippen LogP contribution < -0.4 is 0 Å². The van der Waals surface area contributed by atoms with Gasteiger partial charge in [0.25, 0.3) is 0 Å². The van der Waals surface area contributed by atoms with Gasteiger partial charge in [0.05, 0.1) is 6.17 Å². The lowest BCUT2D eigenvalue weighted by atomic mass is 10.0. The molecule has 1 aliphatic heterocycles. The molecule has 4 nitrogen and oxygen atoms in total. The summed E-state index contributed by atoms with van der Waals surface area (Å²) in [5.41, 5.74) is 0. The van der Waals surface area contributed by atoms with Crippen LogP contribution in [0, 0.1) is 0 Å². The van der Waals surface area contributed by atoms with E-state index in [0.717, 1.165) is 0 Å². The van der Waals surface area contributed by atoms with E-state index in [2.05, 4.69) is 54.2 Å². The molecule has 1 heterocycles. The van der Waals surface area contributed by atoms with Crippen LogP contribution in [0.3, 0.4) is 0 Å². The summed E-state index contributed by atoms with van der Waals surface area (Å²) in [5.74, 6) is 0. The molecule has 0 amide bonds. The topological polar surface area (TPSA) is 13.0 Å². The Labute approximate surface area is 476 Å². The summed E-state index contributed by atoms with van der Waals surface area (Å²) in [7, 11) is 0. The molecule has 4 heteroatoms. The first-order chi connectivity index (χ1) is 37.2. The van der Waals surface area contributed by atoms with Crippen LogP contribution in [-0.2, 0) is 0 Å². The number of nitrogens with zero attached hydrogens (tertiary/aromatic N) is 4. The van der Waals surface area contributed by atoms with Crippen LogP contribution in [0.4, 0.5) is 0 Å². The Kier molecular flexibility index (Phi) is 59.7. The van der Waals surface area contributed by atoms with Gasteiger partial charge >= 0.3 is 0 Å². The summed E-state index contributed by atoms with van der Waals surface area (Å²) in [6.45, 7) is 24.9. The van der Waals surface area contributed by atoms with Gasteiger partial charge in [-0.15, -0.1) is 0 Å². The zero-order chi connectivity index (χ0) is 53.8. The number of hydrogen-bond donors (Lipinski definition) is 0. The fourth-order valence-electron chi connectivity index (χ4n) is 12.7. The average Bonchev–Trinajstić information content (AvgIpc) is 3.42. The van der Waals surface area contributed by atoms with Gasteiger partial charge in [0, 0.05) is 19.6 Å². The van der Waals surface area contributed by atoms with E-state index in [9.17, 15) is 0 Å². The molecule has 1 unspecified atom stereocenters. The minimum Gasteiger partial charge on any atom is -0.303 e. The molecule has 0 aliphatic carbocycles. The van der Waals surface area contributed by atoms with Gasteiger partial charge in [0.2, 0.25) is 0 Å². The highest BCUT2D eigenvalue weighted by atomic mass is 15.4. The number of unbranched alkanes of at least 4 members (excludes halogenated alkanes) is 49. The van der Waals surface area contributed by atoms with E-state index >= 15 is 0 Å². The van der Waals surface area contributed by atoms with Crippen molar-refractivity contribution in [1.29, 1.82) is 0 Å². The first-order valence-corrected chi connectivity index (χ1v) is 36.1. The summed E-state index contributed by atoms with van der Waals surface area (Å²) >= 11 is 0. The minimum absolute atomic E-state index is 0.619. The van der Waals surface area contributed by atoms with Gasteiger partial charge in [0.1, 0.15) is 0 Å². The molecule has 1 rings (SSSR count). The number of piperazine rings is 1. The van der Waals surface area contributed by atoms with Gasteiger partial charge in [-0.2, -0.15) is 0 Å². The normalized spacial score (nSPS) is 14.7. The second kappa shape index (κ2) is 61.5. The minimum atomic E-state index is 0.619. The zero-order valence-corrected chi connectivity index (χ0v) is 53.3.